The minimum absolute atomic E-state index is 0.108. The van der Waals surface area contributed by atoms with Crippen molar-refractivity contribution in [3.8, 4) is 0 Å². The smallest absolute Gasteiger partial charge is 0.462 e. The number of unbranched alkanes of at least 4 members (excludes halogenated alkanes) is 47. The number of phosphoric acid groups is 2. The van der Waals surface area contributed by atoms with Gasteiger partial charge in [0.2, 0.25) is 0 Å². The standard InChI is InChI=1S/C78H152O17P2/c1-7-9-11-13-15-17-19-20-25-32-38-44-50-56-62-77(82)94-73(66-88-75(80)60-54-48-42-36-28-18-16-14-12-10-8-2)68-92-96(84,85)90-64-72(79)65-91-97(86,87)93-69-74(95-78(83)63-57-51-45-39-33-27-22-24-30-35-41-47-53-59-71(5)6)67-89-76(81)61-55-49-43-37-31-26-21-23-29-34-40-46-52-58-70(3)4/h70-74,79H,7-69H2,1-6H3,(H,84,85)(H,86,87)/t72-,73+,74+/m0/s1. The van der Waals surface area contributed by atoms with E-state index in [9.17, 15) is 43.2 Å². The van der Waals surface area contributed by atoms with Gasteiger partial charge in [-0.05, 0) is 37.5 Å². The highest BCUT2D eigenvalue weighted by atomic mass is 31.2. The van der Waals surface area contributed by atoms with Crippen LogP contribution in [0.15, 0.2) is 0 Å². The predicted octanol–water partition coefficient (Wildman–Crippen LogP) is 23.1. The third-order valence-corrected chi connectivity index (χ3v) is 20.1. The molecule has 0 aromatic rings. The number of phosphoric ester groups is 2. The predicted molar refractivity (Wildman–Crippen MR) is 395 cm³/mol. The number of carbonyl (C=O) groups is 4. The summed E-state index contributed by atoms with van der Waals surface area (Å²) in [6.07, 6.45) is 58.0. The second-order valence-electron chi connectivity index (χ2n) is 29.1. The van der Waals surface area contributed by atoms with Crippen LogP contribution in [0.4, 0.5) is 0 Å². The van der Waals surface area contributed by atoms with Crippen molar-refractivity contribution in [2.24, 2.45) is 11.8 Å². The summed E-state index contributed by atoms with van der Waals surface area (Å²) in [6, 6.07) is 0. The molecule has 576 valence electrons. The molecular weight excluding hydrogens is 1270 g/mol. The Kier molecular flexibility index (Phi) is 68.4. The topological polar surface area (TPSA) is 237 Å². The van der Waals surface area contributed by atoms with Crippen LogP contribution in [0.5, 0.6) is 0 Å². The van der Waals surface area contributed by atoms with Gasteiger partial charge in [-0.25, -0.2) is 9.13 Å². The number of esters is 4. The Morgan fingerprint density at radius 1 is 0.278 bits per heavy atom. The zero-order valence-corrected chi connectivity index (χ0v) is 65.2. The first-order valence-electron chi connectivity index (χ1n) is 40.5. The monoisotopic (exact) mass is 1420 g/mol. The summed E-state index contributed by atoms with van der Waals surface area (Å²) in [7, 11) is -9.91. The minimum Gasteiger partial charge on any atom is -0.462 e. The maximum atomic E-state index is 13.1. The van der Waals surface area contributed by atoms with Gasteiger partial charge in [-0.2, -0.15) is 0 Å². The summed E-state index contributed by atoms with van der Waals surface area (Å²) in [5, 5.41) is 10.6. The largest absolute Gasteiger partial charge is 0.472 e. The Labute approximate surface area is 594 Å². The van der Waals surface area contributed by atoms with E-state index in [-0.39, 0.29) is 25.7 Å². The fourth-order valence-corrected chi connectivity index (χ4v) is 13.6. The van der Waals surface area contributed by atoms with Gasteiger partial charge in [-0.3, -0.25) is 37.3 Å². The van der Waals surface area contributed by atoms with Gasteiger partial charge in [-0.15, -0.1) is 0 Å². The average Bonchev–Trinajstić information content (AvgIpc) is 1.01. The van der Waals surface area contributed by atoms with Crippen LogP contribution in [0.2, 0.25) is 0 Å². The molecule has 0 spiro atoms. The molecule has 0 aliphatic heterocycles. The van der Waals surface area contributed by atoms with Gasteiger partial charge in [0.25, 0.3) is 0 Å². The molecule has 0 amide bonds. The zero-order valence-electron chi connectivity index (χ0n) is 63.4. The van der Waals surface area contributed by atoms with E-state index in [1.165, 1.54) is 225 Å². The Balaban J connectivity index is 5.26. The molecule has 2 unspecified atom stereocenters. The first-order valence-corrected chi connectivity index (χ1v) is 43.5. The summed E-state index contributed by atoms with van der Waals surface area (Å²) in [6.45, 7) is 9.65. The Bertz CT molecular complexity index is 1870. The van der Waals surface area contributed by atoms with Gasteiger partial charge in [-0.1, -0.05) is 356 Å². The van der Waals surface area contributed by atoms with Crippen LogP contribution in [0.25, 0.3) is 0 Å². The molecule has 0 saturated heterocycles. The molecule has 0 aliphatic carbocycles. The van der Waals surface area contributed by atoms with Gasteiger partial charge in [0.1, 0.15) is 19.3 Å². The molecule has 0 aliphatic rings. The fraction of sp³-hybridized carbons (Fsp3) is 0.949. The molecule has 0 rings (SSSR count). The molecule has 0 aromatic heterocycles. The van der Waals surface area contributed by atoms with Crippen molar-refractivity contribution in [2.45, 2.75) is 426 Å². The normalized spacial score (nSPS) is 14.0. The van der Waals surface area contributed by atoms with Gasteiger partial charge in [0, 0.05) is 25.7 Å². The zero-order chi connectivity index (χ0) is 71.4. The van der Waals surface area contributed by atoms with E-state index in [0.29, 0.717) is 25.7 Å². The van der Waals surface area contributed by atoms with Crippen molar-refractivity contribution in [2.75, 3.05) is 39.6 Å². The van der Waals surface area contributed by atoms with E-state index >= 15 is 0 Å². The number of hydrogen-bond acceptors (Lipinski definition) is 15. The van der Waals surface area contributed by atoms with E-state index in [1.807, 2.05) is 0 Å². The lowest BCUT2D eigenvalue weighted by Crippen LogP contribution is -2.30. The van der Waals surface area contributed by atoms with Crippen molar-refractivity contribution in [3.05, 3.63) is 0 Å². The molecule has 0 heterocycles. The number of ether oxygens (including phenoxy) is 4. The molecule has 0 bridgehead atoms. The Hall–Kier alpha value is -1.94. The average molecular weight is 1420 g/mol. The molecule has 17 nitrogen and oxygen atoms in total. The summed E-state index contributed by atoms with van der Waals surface area (Å²) in [5.74, 6) is -0.532. The highest BCUT2D eigenvalue weighted by molar-refractivity contribution is 7.47. The van der Waals surface area contributed by atoms with Gasteiger partial charge in [0.05, 0.1) is 26.4 Å². The third-order valence-electron chi connectivity index (χ3n) is 18.2. The lowest BCUT2D eigenvalue weighted by Gasteiger charge is -2.21. The summed E-state index contributed by atoms with van der Waals surface area (Å²) < 4.78 is 68.6. The van der Waals surface area contributed by atoms with Gasteiger partial charge in [0.15, 0.2) is 12.2 Å². The van der Waals surface area contributed by atoms with Gasteiger partial charge >= 0.3 is 39.5 Å². The van der Waals surface area contributed by atoms with Crippen molar-refractivity contribution >= 4 is 39.5 Å². The summed E-state index contributed by atoms with van der Waals surface area (Å²) >= 11 is 0. The lowest BCUT2D eigenvalue weighted by molar-refractivity contribution is -0.161. The molecule has 19 heteroatoms. The van der Waals surface area contributed by atoms with E-state index in [0.717, 1.165) is 102 Å². The van der Waals surface area contributed by atoms with E-state index < -0.39 is 97.5 Å². The second kappa shape index (κ2) is 69.8. The van der Waals surface area contributed by atoms with Crippen LogP contribution in [0.3, 0.4) is 0 Å². The molecular formula is C78H152O17P2. The molecule has 5 atom stereocenters. The van der Waals surface area contributed by atoms with Crippen LogP contribution in [0, 0.1) is 11.8 Å². The summed E-state index contributed by atoms with van der Waals surface area (Å²) in [4.78, 5) is 72.9. The van der Waals surface area contributed by atoms with Gasteiger partial charge < -0.3 is 33.8 Å². The molecule has 0 saturated carbocycles. The highest BCUT2D eigenvalue weighted by Crippen LogP contribution is 2.45. The number of carbonyl (C=O) groups excluding carboxylic acids is 4. The van der Waals surface area contributed by atoms with E-state index in [1.54, 1.807) is 0 Å². The summed E-state index contributed by atoms with van der Waals surface area (Å²) in [5.41, 5.74) is 0. The number of rotatable bonds is 77. The molecule has 0 aromatic carbocycles. The fourth-order valence-electron chi connectivity index (χ4n) is 12.0. The third kappa shape index (κ3) is 72.2. The number of hydrogen-bond donors (Lipinski definition) is 3. The number of aliphatic hydroxyl groups excluding tert-OH is 1. The molecule has 97 heavy (non-hydrogen) atoms. The maximum Gasteiger partial charge on any atom is 0.472 e. The van der Waals surface area contributed by atoms with Crippen molar-refractivity contribution in [3.63, 3.8) is 0 Å². The minimum atomic E-state index is -4.96. The van der Waals surface area contributed by atoms with Crippen molar-refractivity contribution in [1.82, 2.24) is 0 Å². The molecule has 0 fully saturated rings. The quantitative estimate of drug-likeness (QED) is 0.0222. The van der Waals surface area contributed by atoms with Crippen LogP contribution in [0.1, 0.15) is 408 Å². The maximum absolute atomic E-state index is 13.1. The Morgan fingerprint density at radius 3 is 0.701 bits per heavy atom. The first kappa shape index (κ1) is 95.1. The highest BCUT2D eigenvalue weighted by Gasteiger charge is 2.30. The first-order chi connectivity index (χ1) is 46.9. The van der Waals surface area contributed by atoms with Crippen LogP contribution >= 0.6 is 15.6 Å². The van der Waals surface area contributed by atoms with E-state index in [4.69, 9.17) is 37.0 Å². The van der Waals surface area contributed by atoms with Crippen LogP contribution in [-0.2, 0) is 65.4 Å². The SMILES string of the molecule is CCCCCCCCCCCCCCCCC(=O)O[C@H](COC(=O)CCCCCCCCCCCCC)COP(=O)(O)OC[C@H](O)COP(=O)(O)OC[C@@H](COC(=O)CCCCCCCCCCCCCCCC(C)C)OC(=O)CCCCCCCCCCCCCCCC(C)C. The lowest BCUT2D eigenvalue weighted by atomic mass is 10.0. The van der Waals surface area contributed by atoms with E-state index in [2.05, 4.69) is 41.5 Å². The van der Waals surface area contributed by atoms with Crippen LogP contribution < -0.4 is 0 Å². The second-order valence-corrected chi connectivity index (χ2v) is 32.0. The van der Waals surface area contributed by atoms with Crippen LogP contribution in [-0.4, -0.2) is 96.7 Å². The number of aliphatic hydroxyl groups is 1. The van der Waals surface area contributed by atoms with Crippen molar-refractivity contribution in [1.29, 1.82) is 0 Å². The molecule has 0 radical (unpaired) electrons. The van der Waals surface area contributed by atoms with Crippen molar-refractivity contribution < 1.29 is 80.2 Å². The molecule has 3 N–H and O–H groups in total. The Morgan fingerprint density at radius 2 is 0.474 bits per heavy atom.